The monoisotopic (exact) mass is 263 g/mol. The van der Waals surface area contributed by atoms with E-state index in [-0.39, 0.29) is 10.8 Å². The third-order valence-electron chi connectivity index (χ3n) is 2.89. The molecule has 0 saturated heterocycles. The van der Waals surface area contributed by atoms with Crippen molar-refractivity contribution in [1.29, 1.82) is 0 Å². The lowest BCUT2D eigenvalue weighted by atomic mass is 10.0. The lowest BCUT2D eigenvalue weighted by molar-refractivity contribution is 0.628. The summed E-state index contributed by atoms with van der Waals surface area (Å²) in [4.78, 5) is 2.98. The number of hydrogen-bond acceptors (Lipinski definition) is 0. The Hall–Kier alpha value is -1.87. The highest BCUT2D eigenvalue weighted by atomic mass is 35.5. The van der Waals surface area contributed by atoms with Gasteiger partial charge in [0, 0.05) is 22.7 Å². The summed E-state index contributed by atoms with van der Waals surface area (Å²) in [7, 11) is 0. The molecule has 2 aromatic carbocycles. The lowest BCUT2D eigenvalue weighted by Gasteiger charge is -2.02. The van der Waals surface area contributed by atoms with Crippen LogP contribution < -0.4 is 0 Å². The molecule has 0 amide bonds. The zero-order chi connectivity index (χ0) is 12.7. The van der Waals surface area contributed by atoms with Gasteiger partial charge in [0.15, 0.2) is 5.82 Å². The molecular weight excluding hydrogens is 256 g/mol. The summed E-state index contributed by atoms with van der Waals surface area (Å²) in [5, 5.41) is 0.500. The van der Waals surface area contributed by atoms with E-state index < -0.39 is 5.82 Å². The molecular formula is C14H8ClF2N. The minimum absolute atomic E-state index is 0.0745. The van der Waals surface area contributed by atoms with Crippen LogP contribution in [0.15, 0.2) is 42.6 Å². The summed E-state index contributed by atoms with van der Waals surface area (Å²) in [6, 6.07) is 9.13. The van der Waals surface area contributed by atoms with Crippen LogP contribution >= 0.6 is 11.6 Å². The molecule has 90 valence electrons. The molecule has 0 aliphatic rings. The molecule has 1 heterocycles. The molecule has 4 heteroatoms. The SMILES string of the molecule is Fc1ccc(-c2c[nH]c3ccc(Cl)c(F)c23)cc1. The van der Waals surface area contributed by atoms with Crippen molar-refractivity contribution in [3.8, 4) is 11.1 Å². The number of fused-ring (bicyclic) bond motifs is 1. The Labute approximate surface area is 107 Å². The summed E-state index contributed by atoms with van der Waals surface area (Å²) in [6.07, 6.45) is 1.69. The van der Waals surface area contributed by atoms with Crippen LogP contribution in [0.1, 0.15) is 0 Å². The summed E-state index contributed by atoms with van der Waals surface area (Å²) in [6.45, 7) is 0. The minimum atomic E-state index is -0.463. The number of rotatable bonds is 1. The molecule has 0 saturated carbocycles. The number of H-pyrrole nitrogens is 1. The Morgan fingerprint density at radius 2 is 1.67 bits per heavy atom. The van der Waals surface area contributed by atoms with Crippen molar-refractivity contribution in [1.82, 2.24) is 4.98 Å². The Morgan fingerprint density at radius 1 is 0.944 bits per heavy atom. The Balaban J connectivity index is 2.29. The quantitative estimate of drug-likeness (QED) is 0.651. The number of aromatic amines is 1. The second-order valence-electron chi connectivity index (χ2n) is 3.99. The van der Waals surface area contributed by atoms with Crippen molar-refractivity contribution in [2.75, 3.05) is 0 Å². The molecule has 0 spiro atoms. The molecule has 1 nitrogen and oxygen atoms in total. The molecule has 0 fully saturated rings. The fourth-order valence-corrected chi connectivity index (χ4v) is 2.17. The molecule has 3 rings (SSSR count). The van der Waals surface area contributed by atoms with Crippen molar-refractivity contribution >= 4 is 22.5 Å². The molecule has 0 atom stereocenters. The first-order chi connectivity index (χ1) is 8.66. The third kappa shape index (κ3) is 1.68. The Bertz CT molecular complexity index is 716. The van der Waals surface area contributed by atoms with Gasteiger partial charge < -0.3 is 4.98 Å². The normalized spacial score (nSPS) is 11.1. The van der Waals surface area contributed by atoms with Crippen LogP contribution in [0.5, 0.6) is 0 Å². The maximum absolute atomic E-state index is 14.0. The number of halogens is 3. The highest BCUT2D eigenvalue weighted by Gasteiger charge is 2.13. The van der Waals surface area contributed by atoms with E-state index in [1.165, 1.54) is 18.2 Å². The van der Waals surface area contributed by atoms with Crippen LogP contribution in [-0.4, -0.2) is 4.98 Å². The van der Waals surface area contributed by atoms with Crippen LogP contribution in [0, 0.1) is 11.6 Å². The molecule has 0 radical (unpaired) electrons. The molecule has 0 bridgehead atoms. The van der Waals surface area contributed by atoms with E-state index in [0.717, 1.165) is 5.56 Å². The van der Waals surface area contributed by atoms with E-state index in [9.17, 15) is 8.78 Å². The van der Waals surface area contributed by atoms with Gasteiger partial charge >= 0.3 is 0 Å². The van der Waals surface area contributed by atoms with Crippen LogP contribution in [0.3, 0.4) is 0 Å². The van der Waals surface area contributed by atoms with Crippen molar-refractivity contribution in [2.24, 2.45) is 0 Å². The molecule has 0 unspecified atom stereocenters. The predicted octanol–water partition coefficient (Wildman–Crippen LogP) is 4.77. The molecule has 0 aliphatic heterocycles. The van der Waals surface area contributed by atoms with Gasteiger partial charge in [-0.2, -0.15) is 0 Å². The Kier molecular flexibility index (Phi) is 2.56. The zero-order valence-corrected chi connectivity index (χ0v) is 9.93. The summed E-state index contributed by atoms with van der Waals surface area (Å²) < 4.78 is 26.9. The van der Waals surface area contributed by atoms with Gasteiger partial charge in [-0.05, 0) is 29.8 Å². The van der Waals surface area contributed by atoms with E-state index in [1.807, 2.05) is 0 Å². The maximum atomic E-state index is 14.0. The van der Waals surface area contributed by atoms with E-state index in [2.05, 4.69) is 4.98 Å². The summed E-state index contributed by atoms with van der Waals surface area (Å²) in [5.74, 6) is -0.785. The van der Waals surface area contributed by atoms with Gasteiger partial charge in [-0.25, -0.2) is 8.78 Å². The molecule has 1 N–H and O–H groups in total. The van der Waals surface area contributed by atoms with Gasteiger partial charge in [0.05, 0.1) is 5.02 Å². The fraction of sp³-hybridized carbons (Fsp3) is 0. The van der Waals surface area contributed by atoms with E-state index >= 15 is 0 Å². The van der Waals surface area contributed by atoms with Crippen LogP contribution in [0.2, 0.25) is 5.02 Å². The van der Waals surface area contributed by atoms with Crippen LogP contribution in [0.4, 0.5) is 8.78 Å². The Morgan fingerprint density at radius 3 is 2.39 bits per heavy atom. The highest BCUT2D eigenvalue weighted by Crippen LogP contribution is 2.33. The topological polar surface area (TPSA) is 15.8 Å². The summed E-state index contributed by atoms with van der Waals surface area (Å²) in [5.41, 5.74) is 2.07. The lowest BCUT2D eigenvalue weighted by Crippen LogP contribution is -1.82. The first-order valence-electron chi connectivity index (χ1n) is 5.38. The first-order valence-corrected chi connectivity index (χ1v) is 5.75. The van der Waals surface area contributed by atoms with E-state index in [0.29, 0.717) is 16.5 Å². The molecule has 0 aliphatic carbocycles. The van der Waals surface area contributed by atoms with E-state index in [1.54, 1.807) is 24.4 Å². The van der Waals surface area contributed by atoms with Gasteiger partial charge in [-0.15, -0.1) is 0 Å². The second-order valence-corrected chi connectivity index (χ2v) is 4.40. The van der Waals surface area contributed by atoms with Gasteiger partial charge in [-0.3, -0.25) is 0 Å². The molecule has 1 aromatic heterocycles. The van der Waals surface area contributed by atoms with Crippen molar-refractivity contribution < 1.29 is 8.78 Å². The van der Waals surface area contributed by atoms with Crippen molar-refractivity contribution in [3.63, 3.8) is 0 Å². The molecule has 18 heavy (non-hydrogen) atoms. The molecule has 3 aromatic rings. The number of hydrogen-bond donors (Lipinski definition) is 1. The van der Waals surface area contributed by atoms with Crippen LogP contribution in [-0.2, 0) is 0 Å². The highest BCUT2D eigenvalue weighted by molar-refractivity contribution is 6.31. The van der Waals surface area contributed by atoms with Gasteiger partial charge in [0.1, 0.15) is 5.82 Å². The maximum Gasteiger partial charge on any atom is 0.151 e. The predicted molar refractivity (Wildman–Crippen MR) is 68.7 cm³/mol. The second kappa shape index (κ2) is 4.10. The number of nitrogens with one attached hydrogen (secondary N) is 1. The fourth-order valence-electron chi connectivity index (χ4n) is 2.01. The van der Waals surface area contributed by atoms with Gasteiger partial charge in [0.2, 0.25) is 0 Å². The third-order valence-corrected chi connectivity index (χ3v) is 3.18. The van der Waals surface area contributed by atoms with Gasteiger partial charge in [0.25, 0.3) is 0 Å². The average Bonchev–Trinajstić information content (AvgIpc) is 2.79. The smallest absolute Gasteiger partial charge is 0.151 e. The average molecular weight is 264 g/mol. The number of aromatic nitrogens is 1. The number of benzene rings is 2. The largest absolute Gasteiger partial charge is 0.360 e. The first kappa shape index (κ1) is 11.2. The zero-order valence-electron chi connectivity index (χ0n) is 9.18. The minimum Gasteiger partial charge on any atom is -0.360 e. The van der Waals surface area contributed by atoms with Crippen molar-refractivity contribution in [3.05, 3.63) is 59.3 Å². The standard InChI is InChI=1S/C14H8ClF2N/c15-11-5-6-12-13(14(11)17)10(7-18-12)8-1-3-9(16)4-2-8/h1-7,18H. The summed E-state index contributed by atoms with van der Waals surface area (Å²) >= 11 is 5.78. The van der Waals surface area contributed by atoms with Gasteiger partial charge in [-0.1, -0.05) is 23.7 Å². The van der Waals surface area contributed by atoms with Crippen molar-refractivity contribution in [2.45, 2.75) is 0 Å². The van der Waals surface area contributed by atoms with Crippen LogP contribution in [0.25, 0.3) is 22.0 Å². The van der Waals surface area contributed by atoms with E-state index in [4.69, 9.17) is 11.6 Å².